The third-order valence-electron chi connectivity index (χ3n) is 2.00. The zero-order valence-corrected chi connectivity index (χ0v) is 10.5. The van der Waals surface area contributed by atoms with E-state index >= 15 is 0 Å². The summed E-state index contributed by atoms with van der Waals surface area (Å²) in [7, 11) is 4.50. The lowest BCUT2D eigenvalue weighted by molar-refractivity contribution is -0.0757. The molecule has 0 saturated carbocycles. The molecule has 88 valence electrons. The van der Waals surface area contributed by atoms with Crippen LogP contribution in [0.5, 0.6) is 5.88 Å². The number of thioether (sulfide) groups is 1. The molecule has 0 aliphatic heterocycles. The molecule has 0 fully saturated rings. The summed E-state index contributed by atoms with van der Waals surface area (Å²) in [6, 6.07) is 3.28. The van der Waals surface area contributed by atoms with Gasteiger partial charge in [-0.3, -0.25) is 9.63 Å². The van der Waals surface area contributed by atoms with E-state index in [1.54, 1.807) is 19.2 Å². The Kier molecular flexibility index (Phi) is 4.57. The average Bonchev–Trinajstić information content (AvgIpc) is 2.35. The highest BCUT2D eigenvalue weighted by Gasteiger charge is 2.14. The molecule has 1 heterocycles. The molecule has 1 amide bonds. The van der Waals surface area contributed by atoms with Gasteiger partial charge in [0.1, 0.15) is 5.03 Å². The molecule has 0 bridgehead atoms. The van der Waals surface area contributed by atoms with Crippen LogP contribution in [0.3, 0.4) is 0 Å². The monoisotopic (exact) mass is 242 g/mol. The predicted molar refractivity (Wildman–Crippen MR) is 61.7 cm³/mol. The van der Waals surface area contributed by atoms with Gasteiger partial charge in [0.2, 0.25) is 5.88 Å². The van der Waals surface area contributed by atoms with Crippen LogP contribution in [0.1, 0.15) is 10.4 Å². The Morgan fingerprint density at radius 2 is 2.12 bits per heavy atom. The van der Waals surface area contributed by atoms with Gasteiger partial charge < -0.3 is 4.74 Å². The van der Waals surface area contributed by atoms with Crippen molar-refractivity contribution >= 4 is 17.7 Å². The Balaban J connectivity index is 3.07. The lowest BCUT2D eigenvalue weighted by Gasteiger charge is -2.14. The first-order valence-electron chi connectivity index (χ1n) is 4.54. The summed E-state index contributed by atoms with van der Waals surface area (Å²) in [4.78, 5) is 20.8. The number of amides is 1. The van der Waals surface area contributed by atoms with Crippen LogP contribution >= 0.6 is 11.8 Å². The summed E-state index contributed by atoms with van der Waals surface area (Å²) in [5, 5.41) is 1.88. The van der Waals surface area contributed by atoms with Crippen LogP contribution in [0, 0.1) is 0 Å². The lowest BCUT2D eigenvalue weighted by Crippen LogP contribution is -2.25. The van der Waals surface area contributed by atoms with Crippen LogP contribution in [0.4, 0.5) is 0 Å². The molecule has 0 aromatic carbocycles. The highest BCUT2D eigenvalue weighted by molar-refractivity contribution is 7.98. The number of hydrogen-bond acceptors (Lipinski definition) is 5. The maximum absolute atomic E-state index is 11.8. The molecule has 1 rings (SSSR count). The van der Waals surface area contributed by atoms with Gasteiger partial charge in [-0.05, 0) is 12.3 Å². The molecule has 0 radical (unpaired) electrons. The smallest absolute Gasteiger partial charge is 0.277 e. The van der Waals surface area contributed by atoms with E-state index in [1.807, 2.05) is 6.26 Å². The second kappa shape index (κ2) is 5.72. The van der Waals surface area contributed by atoms with Gasteiger partial charge >= 0.3 is 0 Å². The van der Waals surface area contributed by atoms with E-state index in [4.69, 9.17) is 9.57 Å². The van der Waals surface area contributed by atoms with Crippen molar-refractivity contribution in [1.82, 2.24) is 10.0 Å². The molecule has 0 atom stereocenters. The number of aromatic nitrogens is 1. The minimum absolute atomic E-state index is 0.237. The number of carbonyl (C=O) groups is 1. The van der Waals surface area contributed by atoms with Gasteiger partial charge in [0.25, 0.3) is 5.91 Å². The minimum Gasteiger partial charge on any atom is -0.481 e. The molecular weight excluding hydrogens is 228 g/mol. The van der Waals surface area contributed by atoms with E-state index in [0.29, 0.717) is 11.4 Å². The van der Waals surface area contributed by atoms with Crippen LogP contribution < -0.4 is 4.74 Å². The van der Waals surface area contributed by atoms with Crippen LogP contribution in [0.25, 0.3) is 0 Å². The first kappa shape index (κ1) is 12.8. The molecule has 0 aliphatic carbocycles. The standard InChI is InChI=1S/C10H14N2O3S/c1-12(15-3)10(13)7-5-8(14-2)11-9(6-7)16-4/h5-6H,1-4H3. The van der Waals surface area contributed by atoms with Gasteiger partial charge in [0.05, 0.1) is 14.2 Å². The van der Waals surface area contributed by atoms with E-state index in [2.05, 4.69) is 4.98 Å². The number of ether oxygens (including phenoxy) is 1. The van der Waals surface area contributed by atoms with Crippen molar-refractivity contribution in [3.63, 3.8) is 0 Å². The molecule has 1 aromatic heterocycles. The summed E-state index contributed by atoms with van der Waals surface area (Å²) < 4.78 is 5.02. The zero-order valence-electron chi connectivity index (χ0n) is 9.68. The number of hydroxylamine groups is 2. The van der Waals surface area contributed by atoms with Crippen molar-refractivity contribution in [3.8, 4) is 5.88 Å². The fraction of sp³-hybridized carbons (Fsp3) is 0.400. The van der Waals surface area contributed by atoms with E-state index in [1.165, 1.54) is 26.0 Å². The normalized spacial score (nSPS) is 10.0. The fourth-order valence-electron chi connectivity index (χ4n) is 1.08. The molecule has 0 unspecified atom stereocenters. The first-order chi connectivity index (χ1) is 7.62. The maximum Gasteiger partial charge on any atom is 0.277 e. The van der Waals surface area contributed by atoms with Gasteiger partial charge in [-0.1, -0.05) is 0 Å². The summed E-state index contributed by atoms with van der Waals surface area (Å²) in [5.74, 6) is 0.179. The Labute approximate surface area is 98.7 Å². The quantitative estimate of drug-likeness (QED) is 0.591. The number of methoxy groups -OCH3 is 1. The highest BCUT2D eigenvalue weighted by Crippen LogP contribution is 2.20. The summed E-state index contributed by atoms with van der Waals surface area (Å²) in [6.45, 7) is 0. The van der Waals surface area contributed by atoms with Crippen molar-refractivity contribution in [2.45, 2.75) is 5.03 Å². The van der Waals surface area contributed by atoms with E-state index < -0.39 is 0 Å². The molecule has 16 heavy (non-hydrogen) atoms. The van der Waals surface area contributed by atoms with Crippen LogP contribution in [-0.4, -0.2) is 43.5 Å². The van der Waals surface area contributed by atoms with E-state index in [9.17, 15) is 4.79 Å². The molecule has 1 aromatic rings. The summed E-state index contributed by atoms with van der Waals surface area (Å²) >= 11 is 1.45. The molecule has 0 saturated heterocycles. The molecule has 0 N–H and O–H groups in total. The number of hydrogen-bond donors (Lipinski definition) is 0. The second-order valence-electron chi connectivity index (χ2n) is 2.93. The Hall–Kier alpha value is -1.27. The zero-order chi connectivity index (χ0) is 12.1. The van der Waals surface area contributed by atoms with Crippen molar-refractivity contribution in [3.05, 3.63) is 17.7 Å². The maximum atomic E-state index is 11.8. The minimum atomic E-state index is -0.237. The Morgan fingerprint density at radius 1 is 1.44 bits per heavy atom. The Morgan fingerprint density at radius 3 is 2.62 bits per heavy atom. The molecular formula is C10H14N2O3S. The average molecular weight is 242 g/mol. The van der Waals surface area contributed by atoms with E-state index in [-0.39, 0.29) is 5.91 Å². The van der Waals surface area contributed by atoms with Crippen molar-refractivity contribution in [1.29, 1.82) is 0 Å². The number of rotatable bonds is 4. The number of carbonyl (C=O) groups excluding carboxylic acids is 1. The topological polar surface area (TPSA) is 51.7 Å². The molecule has 6 heteroatoms. The van der Waals surface area contributed by atoms with Crippen molar-refractivity contribution < 1.29 is 14.4 Å². The van der Waals surface area contributed by atoms with Gasteiger partial charge in [-0.25, -0.2) is 10.0 Å². The predicted octanol–water partition coefficient (Wildman–Crippen LogP) is 1.45. The number of nitrogens with zero attached hydrogens (tertiary/aromatic N) is 2. The highest BCUT2D eigenvalue weighted by atomic mass is 32.2. The Bertz CT molecular complexity index is 362. The third-order valence-corrected chi connectivity index (χ3v) is 2.63. The first-order valence-corrected chi connectivity index (χ1v) is 5.77. The second-order valence-corrected chi connectivity index (χ2v) is 3.75. The van der Waals surface area contributed by atoms with E-state index in [0.717, 1.165) is 10.1 Å². The lowest BCUT2D eigenvalue weighted by atomic mass is 10.2. The summed E-state index contributed by atoms with van der Waals surface area (Å²) in [6.07, 6.45) is 1.88. The van der Waals surface area contributed by atoms with Gasteiger partial charge in [0, 0.05) is 18.7 Å². The molecule has 0 aliphatic rings. The third kappa shape index (κ3) is 2.86. The van der Waals surface area contributed by atoms with Crippen LogP contribution in [0.15, 0.2) is 17.2 Å². The van der Waals surface area contributed by atoms with Crippen molar-refractivity contribution in [2.24, 2.45) is 0 Å². The molecule has 0 spiro atoms. The van der Waals surface area contributed by atoms with Gasteiger partial charge in [0.15, 0.2) is 0 Å². The van der Waals surface area contributed by atoms with Crippen LogP contribution in [-0.2, 0) is 4.84 Å². The van der Waals surface area contributed by atoms with Crippen LogP contribution in [0.2, 0.25) is 0 Å². The fourth-order valence-corrected chi connectivity index (χ4v) is 1.50. The largest absolute Gasteiger partial charge is 0.481 e. The summed E-state index contributed by atoms with van der Waals surface area (Å²) in [5.41, 5.74) is 0.487. The van der Waals surface area contributed by atoms with Gasteiger partial charge in [-0.15, -0.1) is 11.8 Å². The SMILES string of the molecule is COc1cc(C(=O)N(C)OC)cc(SC)n1. The number of pyridine rings is 1. The van der Waals surface area contributed by atoms with Gasteiger partial charge in [-0.2, -0.15) is 0 Å². The van der Waals surface area contributed by atoms with Crippen molar-refractivity contribution in [2.75, 3.05) is 27.5 Å². The molecule has 5 nitrogen and oxygen atoms in total.